The molecule has 94 valence electrons. The summed E-state index contributed by atoms with van der Waals surface area (Å²) in [5.74, 6) is 0.954. The SMILES string of the molecule is CC(C)C(N)C(=O)N1CCC(CN(C)C)C1. The Bertz CT molecular complexity index is 240. The van der Waals surface area contributed by atoms with Gasteiger partial charge in [0.1, 0.15) is 0 Å². The van der Waals surface area contributed by atoms with Crippen LogP contribution in [0.2, 0.25) is 0 Å². The van der Waals surface area contributed by atoms with Gasteiger partial charge in [-0.25, -0.2) is 0 Å². The van der Waals surface area contributed by atoms with Crippen molar-refractivity contribution in [1.29, 1.82) is 0 Å². The molecule has 0 aromatic rings. The van der Waals surface area contributed by atoms with Crippen molar-refractivity contribution in [2.45, 2.75) is 26.3 Å². The van der Waals surface area contributed by atoms with Gasteiger partial charge in [0.2, 0.25) is 5.91 Å². The molecular formula is C12H25N3O. The Hall–Kier alpha value is -0.610. The smallest absolute Gasteiger partial charge is 0.239 e. The van der Waals surface area contributed by atoms with Crippen LogP contribution in [-0.2, 0) is 4.79 Å². The Balaban J connectivity index is 2.43. The number of nitrogens with zero attached hydrogens (tertiary/aromatic N) is 2. The van der Waals surface area contributed by atoms with Crippen LogP contribution in [0.25, 0.3) is 0 Å². The van der Waals surface area contributed by atoms with E-state index in [2.05, 4.69) is 19.0 Å². The molecule has 1 aliphatic heterocycles. The topological polar surface area (TPSA) is 49.6 Å². The predicted molar refractivity (Wildman–Crippen MR) is 66.1 cm³/mol. The van der Waals surface area contributed by atoms with Crippen molar-refractivity contribution in [2.24, 2.45) is 17.6 Å². The largest absolute Gasteiger partial charge is 0.341 e. The normalized spacial score (nSPS) is 23.2. The van der Waals surface area contributed by atoms with Crippen LogP contribution in [0.3, 0.4) is 0 Å². The fourth-order valence-electron chi connectivity index (χ4n) is 2.19. The van der Waals surface area contributed by atoms with Crippen molar-refractivity contribution in [3.8, 4) is 0 Å². The summed E-state index contributed by atoms with van der Waals surface area (Å²) in [6.45, 7) is 6.79. The first-order valence-corrected chi connectivity index (χ1v) is 6.11. The zero-order valence-corrected chi connectivity index (χ0v) is 10.9. The molecule has 0 saturated carbocycles. The number of hydrogen-bond donors (Lipinski definition) is 1. The molecule has 0 aromatic carbocycles. The van der Waals surface area contributed by atoms with E-state index in [9.17, 15) is 4.79 Å². The van der Waals surface area contributed by atoms with E-state index in [0.29, 0.717) is 5.92 Å². The van der Waals surface area contributed by atoms with Crippen LogP contribution in [0.15, 0.2) is 0 Å². The van der Waals surface area contributed by atoms with Crippen molar-refractivity contribution in [2.75, 3.05) is 33.7 Å². The lowest BCUT2D eigenvalue weighted by Gasteiger charge is -2.23. The first-order valence-electron chi connectivity index (χ1n) is 6.11. The van der Waals surface area contributed by atoms with Crippen molar-refractivity contribution in [3.63, 3.8) is 0 Å². The molecule has 2 unspecified atom stereocenters. The second-order valence-electron chi connectivity index (χ2n) is 5.47. The van der Waals surface area contributed by atoms with E-state index in [1.165, 1.54) is 0 Å². The van der Waals surface area contributed by atoms with Crippen LogP contribution < -0.4 is 5.73 Å². The van der Waals surface area contributed by atoms with Gasteiger partial charge in [0.25, 0.3) is 0 Å². The van der Waals surface area contributed by atoms with Gasteiger partial charge < -0.3 is 15.5 Å². The van der Waals surface area contributed by atoms with E-state index in [4.69, 9.17) is 5.73 Å². The van der Waals surface area contributed by atoms with Crippen LogP contribution in [0.1, 0.15) is 20.3 Å². The summed E-state index contributed by atoms with van der Waals surface area (Å²) in [6, 6.07) is -0.335. The van der Waals surface area contributed by atoms with E-state index in [1.807, 2.05) is 18.7 Å². The average Bonchev–Trinajstić information content (AvgIpc) is 2.62. The lowest BCUT2D eigenvalue weighted by molar-refractivity contribution is -0.132. The maximum atomic E-state index is 12.0. The summed E-state index contributed by atoms with van der Waals surface area (Å²) < 4.78 is 0. The molecule has 1 heterocycles. The monoisotopic (exact) mass is 227 g/mol. The van der Waals surface area contributed by atoms with Crippen molar-refractivity contribution in [1.82, 2.24) is 9.80 Å². The number of likely N-dealkylation sites (tertiary alicyclic amines) is 1. The fraction of sp³-hybridized carbons (Fsp3) is 0.917. The first kappa shape index (κ1) is 13.5. The Morgan fingerprint density at radius 3 is 2.62 bits per heavy atom. The fourth-order valence-corrected chi connectivity index (χ4v) is 2.19. The second-order valence-corrected chi connectivity index (χ2v) is 5.47. The molecular weight excluding hydrogens is 202 g/mol. The van der Waals surface area contributed by atoms with Gasteiger partial charge in [0.05, 0.1) is 6.04 Å². The Kier molecular flexibility index (Phi) is 4.74. The van der Waals surface area contributed by atoms with Crippen LogP contribution >= 0.6 is 0 Å². The minimum atomic E-state index is -0.335. The summed E-state index contributed by atoms with van der Waals surface area (Å²) in [4.78, 5) is 16.1. The van der Waals surface area contributed by atoms with Crippen LogP contribution in [0.4, 0.5) is 0 Å². The van der Waals surface area contributed by atoms with Gasteiger partial charge in [0, 0.05) is 19.6 Å². The number of amides is 1. The molecule has 1 rings (SSSR count). The molecule has 1 fully saturated rings. The maximum Gasteiger partial charge on any atom is 0.239 e. The molecule has 0 aliphatic carbocycles. The lowest BCUT2D eigenvalue weighted by atomic mass is 10.0. The van der Waals surface area contributed by atoms with Crippen LogP contribution in [0.5, 0.6) is 0 Å². The molecule has 0 spiro atoms. The van der Waals surface area contributed by atoms with E-state index in [1.54, 1.807) is 0 Å². The molecule has 1 amide bonds. The molecule has 1 aliphatic rings. The summed E-state index contributed by atoms with van der Waals surface area (Å²) in [6.07, 6.45) is 1.11. The van der Waals surface area contributed by atoms with E-state index < -0.39 is 0 Å². The number of carbonyl (C=O) groups excluding carboxylic acids is 1. The minimum Gasteiger partial charge on any atom is -0.341 e. The number of rotatable bonds is 4. The molecule has 16 heavy (non-hydrogen) atoms. The molecule has 2 atom stereocenters. The molecule has 4 nitrogen and oxygen atoms in total. The van der Waals surface area contributed by atoms with Gasteiger partial charge in [-0.2, -0.15) is 0 Å². The van der Waals surface area contributed by atoms with Gasteiger partial charge in [-0.15, -0.1) is 0 Å². The number of hydrogen-bond acceptors (Lipinski definition) is 3. The zero-order chi connectivity index (χ0) is 12.3. The number of carbonyl (C=O) groups is 1. The van der Waals surface area contributed by atoms with Crippen LogP contribution in [0, 0.1) is 11.8 Å². The second kappa shape index (κ2) is 5.64. The highest BCUT2D eigenvalue weighted by Gasteiger charge is 2.30. The van der Waals surface area contributed by atoms with Gasteiger partial charge in [-0.1, -0.05) is 13.8 Å². The van der Waals surface area contributed by atoms with Gasteiger partial charge >= 0.3 is 0 Å². The van der Waals surface area contributed by atoms with Gasteiger partial charge in [-0.05, 0) is 32.4 Å². The summed E-state index contributed by atoms with van der Waals surface area (Å²) >= 11 is 0. The van der Waals surface area contributed by atoms with Gasteiger partial charge in [-0.3, -0.25) is 4.79 Å². The highest BCUT2D eigenvalue weighted by molar-refractivity contribution is 5.82. The standard InChI is InChI=1S/C12H25N3O/c1-9(2)11(13)12(16)15-6-5-10(8-15)7-14(3)4/h9-11H,5-8,13H2,1-4H3. The zero-order valence-electron chi connectivity index (χ0n) is 10.9. The van der Waals surface area contributed by atoms with Crippen molar-refractivity contribution >= 4 is 5.91 Å². The Morgan fingerprint density at radius 2 is 2.12 bits per heavy atom. The first-order chi connectivity index (χ1) is 7.41. The quantitative estimate of drug-likeness (QED) is 0.755. The minimum absolute atomic E-state index is 0.122. The molecule has 2 N–H and O–H groups in total. The summed E-state index contributed by atoms with van der Waals surface area (Å²) in [5, 5.41) is 0. The van der Waals surface area contributed by atoms with E-state index in [0.717, 1.165) is 26.1 Å². The van der Waals surface area contributed by atoms with Gasteiger partial charge in [0.15, 0.2) is 0 Å². The third-order valence-electron chi connectivity index (χ3n) is 3.22. The number of nitrogens with two attached hydrogens (primary N) is 1. The third-order valence-corrected chi connectivity index (χ3v) is 3.22. The average molecular weight is 227 g/mol. The highest BCUT2D eigenvalue weighted by atomic mass is 16.2. The third kappa shape index (κ3) is 3.46. The summed E-state index contributed by atoms with van der Waals surface area (Å²) in [5.41, 5.74) is 5.88. The molecule has 0 aromatic heterocycles. The van der Waals surface area contributed by atoms with E-state index in [-0.39, 0.29) is 17.9 Å². The van der Waals surface area contributed by atoms with Crippen molar-refractivity contribution in [3.05, 3.63) is 0 Å². The Morgan fingerprint density at radius 1 is 1.50 bits per heavy atom. The van der Waals surface area contributed by atoms with E-state index >= 15 is 0 Å². The summed E-state index contributed by atoms with van der Waals surface area (Å²) in [7, 11) is 4.15. The predicted octanol–water partition coefficient (Wildman–Crippen LogP) is 0.380. The lowest BCUT2D eigenvalue weighted by Crippen LogP contribution is -2.45. The molecule has 0 radical (unpaired) electrons. The van der Waals surface area contributed by atoms with Crippen LogP contribution in [-0.4, -0.2) is 55.5 Å². The molecule has 0 bridgehead atoms. The van der Waals surface area contributed by atoms with Crippen molar-refractivity contribution < 1.29 is 4.79 Å². The Labute approximate surface area is 98.8 Å². The highest BCUT2D eigenvalue weighted by Crippen LogP contribution is 2.18. The molecule has 4 heteroatoms. The molecule has 1 saturated heterocycles. The maximum absolute atomic E-state index is 12.0.